The lowest BCUT2D eigenvalue weighted by Crippen LogP contribution is -2.54. The van der Waals surface area contributed by atoms with Crippen LogP contribution in [-0.4, -0.2) is 33.8 Å². The molecule has 122 valence electrons. The zero-order chi connectivity index (χ0) is 16.6. The minimum atomic E-state index is -1.18. The quantitative estimate of drug-likeness (QED) is 0.489. The van der Waals surface area contributed by atoms with Crippen LogP contribution >= 0.6 is 11.6 Å². The Bertz CT molecular complexity index is 682. The van der Waals surface area contributed by atoms with Crippen molar-refractivity contribution in [3.63, 3.8) is 0 Å². The number of hydrogen-bond acceptors (Lipinski definition) is 5. The maximum absolute atomic E-state index is 12.2. The van der Waals surface area contributed by atoms with E-state index in [1.165, 1.54) is 18.2 Å². The van der Waals surface area contributed by atoms with Crippen LogP contribution < -0.4 is 10.9 Å². The molecular formula is C14H14ClN3O5. The molecule has 23 heavy (non-hydrogen) atoms. The van der Waals surface area contributed by atoms with E-state index in [-0.39, 0.29) is 23.5 Å². The number of amides is 2. The molecule has 2 saturated heterocycles. The van der Waals surface area contributed by atoms with Gasteiger partial charge in [0.25, 0.3) is 17.5 Å². The normalized spacial score (nSPS) is 28.4. The number of nitrogens with one attached hydrogen (secondary N) is 2. The van der Waals surface area contributed by atoms with Gasteiger partial charge in [-0.25, -0.2) is 0 Å². The van der Waals surface area contributed by atoms with Crippen LogP contribution in [-0.2, 0) is 9.53 Å². The topological polar surface area (TPSA) is 111 Å². The average Bonchev–Trinajstić information content (AvgIpc) is 3.13. The highest BCUT2D eigenvalue weighted by atomic mass is 35.5. The van der Waals surface area contributed by atoms with Crippen molar-refractivity contribution in [1.82, 2.24) is 10.9 Å². The first-order chi connectivity index (χ1) is 10.9. The maximum atomic E-state index is 12.2. The number of carbonyl (C=O) groups excluding carboxylic acids is 2. The van der Waals surface area contributed by atoms with Gasteiger partial charge in [0.15, 0.2) is 4.87 Å². The van der Waals surface area contributed by atoms with E-state index in [1.54, 1.807) is 0 Å². The molecule has 2 aliphatic rings. The van der Waals surface area contributed by atoms with Crippen molar-refractivity contribution >= 4 is 29.1 Å². The summed E-state index contributed by atoms with van der Waals surface area (Å²) in [7, 11) is 0. The monoisotopic (exact) mass is 339 g/mol. The van der Waals surface area contributed by atoms with Crippen LogP contribution in [0.2, 0.25) is 0 Å². The fourth-order valence-electron chi connectivity index (χ4n) is 2.94. The van der Waals surface area contributed by atoms with Gasteiger partial charge in [0.1, 0.15) is 0 Å². The van der Waals surface area contributed by atoms with Crippen LogP contribution in [0.4, 0.5) is 5.69 Å². The predicted octanol–water partition coefficient (Wildman–Crippen LogP) is 1.28. The van der Waals surface area contributed by atoms with Crippen molar-refractivity contribution in [3.8, 4) is 0 Å². The molecule has 3 atom stereocenters. The highest BCUT2D eigenvalue weighted by molar-refractivity contribution is 6.35. The van der Waals surface area contributed by atoms with E-state index in [0.717, 1.165) is 12.5 Å². The summed E-state index contributed by atoms with van der Waals surface area (Å²) in [5.41, 5.74) is 4.36. The van der Waals surface area contributed by atoms with Gasteiger partial charge in [-0.15, -0.1) is 11.6 Å². The van der Waals surface area contributed by atoms with Crippen molar-refractivity contribution in [2.45, 2.75) is 36.3 Å². The second-order valence-electron chi connectivity index (χ2n) is 5.61. The summed E-state index contributed by atoms with van der Waals surface area (Å²) in [6.45, 7) is 0. The standard InChI is InChI=1S/C14H14ClN3O5/c15-14(7-10-4-5-11(14)23-10)13(20)17-16-12(19)8-2-1-3-9(6-8)18(21)22/h1-3,6,10-11H,4-5,7H2,(H,16,19)(H,17,20). The van der Waals surface area contributed by atoms with E-state index < -0.39 is 21.6 Å². The summed E-state index contributed by atoms with van der Waals surface area (Å²) in [5.74, 6) is -1.20. The number of nitrogens with zero attached hydrogens (tertiary/aromatic N) is 1. The van der Waals surface area contributed by atoms with Crippen LogP contribution in [0.3, 0.4) is 0 Å². The molecule has 0 aliphatic carbocycles. The molecule has 2 fully saturated rings. The molecule has 3 unspecified atom stereocenters. The molecule has 2 N–H and O–H groups in total. The minimum absolute atomic E-state index is 0.0178. The Balaban J connectivity index is 1.62. The van der Waals surface area contributed by atoms with E-state index in [4.69, 9.17) is 16.3 Å². The number of fused-ring (bicyclic) bond motifs is 2. The molecule has 1 aromatic rings. The van der Waals surface area contributed by atoms with Gasteiger partial charge in [-0.05, 0) is 18.9 Å². The Morgan fingerprint density at radius 2 is 2.13 bits per heavy atom. The van der Waals surface area contributed by atoms with Crippen molar-refractivity contribution in [2.75, 3.05) is 0 Å². The first-order valence-corrected chi connectivity index (χ1v) is 7.47. The number of benzene rings is 1. The summed E-state index contributed by atoms with van der Waals surface area (Å²) >= 11 is 6.34. The van der Waals surface area contributed by atoms with Crippen molar-refractivity contribution in [1.29, 1.82) is 0 Å². The van der Waals surface area contributed by atoms with Gasteiger partial charge in [0, 0.05) is 24.1 Å². The van der Waals surface area contributed by atoms with Gasteiger partial charge in [-0.2, -0.15) is 0 Å². The SMILES string of the molecule is O=C(NNC(=O)C1(Cl)CC2CCC1O2)c1cccc([N+](=O)[O-])c1. The van der Waals surface area contributed by atoms with E-state index >= 15 is 0 Å². The number of nitro benzene ring substituents is 1. The van der Waals surface area contributed by atoms with Gasteiger partial charge in [0.05, 0.1) is 17.1 Å². The third kappa shape index (κ3) is 2.87. The summed E-state index contributed by atoms with van der Waals surface area (Å²) < 4.78 is 5.56. The first kappa shape index (κ1) is 15.7. The number of halogens is 1. The zero-order valence-electron chi connectivity index (χ0n) is 12.0. The third-order valence-electron chi connectivity index (χ3n) is 4.13. The number of ether oxygens (including phenoxy) is 1. The molecular weight excluding hydrogens is 326 g/mol. The average molecular weight is 340 g/mol. The Labute approximate surface area is 136 Å². The predicted molar refractivity (Wildman–Crippen MR) is 79.8 cm³/mol. The molecule has 2 aliphatic heterocycles. The highest BCUT2D eigenvalue weighted by Gasteiger charge is 2.56. The van der Waals surface area contributed by atoms with Gasteiger partial charge < -0.3 is 4.74 Å². The van der Waals surface area contributed by atoms with E-state index in [2.05, 4.69) is 10.9 Å². The molecule has 9 heteroatoms. The van der Waals surface area contributed by atoms with Crippen molar-refractivity contribution < 1.29 is 19.2 Å². The second-order valence-corrected chi connectivity index (χ2v) is 6.28. The first-order valence-electron chi connectivity index (χ1n) is 7.10. The number of nitro groups is 1. The van der Waals surface area contributed by atoms with E-state index in [0.29, 0.717) is 12.8 Å². The Kier molecular flexibility index (Phi) is 3.95. The van der Waals surface area contributed by atoms with Gasteiger partial charge in [0.2, 0.25) is 0 Å². The largest absolute Gasteiger partial charge is 0.373 e. The zero-order valence-corrected chi connectivity index (χ0v) is 12.7. The molecule has 0 saturated carbocycles. The number of alkyl halides is 1. The highest BCUT2D eigenvalue weighted by Crippen LogP contribution is 2.45. The summed E-state index contributed by atoms with van der Waals surface area (Å²) in [5, 5.41) is 10.7. The fourth-order valence-corrected chi connectivity index (χ4v) is 3.32. The van der Waals surface area contributed by atoms with E-state index in [9.17, 15) is 19.7 Å². The smallest absolute Gasteiger partial charge is 0.270 e. The molecule has 1 aromatic carbocycles. The van der Waals surface area contributed by atoms with Crippen LogP contribution in [0, 0.1) is 10.1 Å². The molecule has 3 rings (SSSR count). The Morgan fingerprint density at radius 3 is 2.74 bits per heavy atom. The number of non-ortho nitro benzene ring substituents is 1. The fraction of sp³-hybridized carbons (Fsp3) is 0.429. The number of hydrogen-bond donors (Lipinski definition) is 2. The second kappa shape index (κ2) is 5.78. The van der Waals surface area contributed by atoms with Crippen LogP contribution in [0.25, 0.3) is 0 Å². The van der Waals surface area contributed by atoms with Crippen LogP contribution in [0.15, 0.2) is 24.3 Å². The van der Waals surface area contributed by atoms with Crippen LogP contribution in [0.1, 0.15) is 29.6 Å². The third-order valence-corrected chi connectivity index (χ3v) is 4.70. The summed E-state index contributed by atoms with van der Waals surface area (Å²) in [4.78, 5) is 33.1. The Hall–Kier alpha value is -2.19. The minimum Gasteiger partial charge on any atom is -0.373 e. The summed E-state index contributed by atoms with van der Waals surface area (Å²) in [6, 6.07) is 5.20. The number of hydrazine groups is 1. The maximum Gasteiger partial charge on any atom is 0.270 e. The number of carbonyl (C=O) groups is 2. The van der Waals surface area contributed by atoms with Gasteiger partial charge >= 0.3 is 0 Å². The van der Waals surface area contributed by atoms with E-state index in [1.807, 2.05) is 0 Å². The molecule has 0 aromatic heterocycles. The van der Waals surface area contributed by atoms with Gasteiger partial charge in [-0.3, -0.25) is 30.6 Å². The lowest BCUT2D eigenvalue weighted by molar-refractivity contribution is -0.384. The van der Waals surface area contributed by atoms with Crippen molar-refractivity contribution in [2.24, 2.45) is 0 Å². The lowest BCUT2D eigenvalue weighted by Gasteiger charge is -2.27. The number of rotatable bonds is 3. The van der Waals surface area contributed by atoms with Crippen LogP contribution in [0.5, 0.6) is 0 Å². The summed E-state index contributed by atoms with van der Waals surface area (Å²) in [6.07, 6.45) is 1.62. The molecule has 0 spiro atoms. The molecule has 0 radical (unpaired) electrons. The molecule has 2 heterocycles. The molecule has 2 bridgehead atoms. The molecule has 2 amide bonds. The molecule has 8 nitrogen and oxygen atoms in total. The Morgan fingerprint density at radius 1 is 1.35 bits per heavy atom. The van der Waals surface area contributed by atoms with Gasteiger partial charge in [-0.1, -0.05) is 6.07 Å². The van der Waals surface area contributed by atoms with Crippen molar-refractivity contribution in [3.05, 3.63) is 39.9 Å². The lowest BCUT2D eigenvalue weighted by atomic mass is 9.88.